The summed E-state index contributed by atoms with van der Waals surface area (Å²) >= 11 is 1.44. The third-order valence-electron chi connectivity index (χ3n) is 4.61. The number of phenols is 1. The van der Waals surface area contributed by atoms with Crippen LogP contribution in [-0.4, -0.2) is 32.5 Å². The Kier molecular flexibility index (Phi) is 5.85. The van der Waals surface area contributed by atoms with E-state index in [0.29, 0.717) is 24.6 Å². The van der Waals surface area contributed by atoms with Crippen LogP contribution in [0.5, 0.6) is 5.75 Å². The first kappa shape index (κ1) is 19.8. The standard InChI is InChI=1S/C22H21N5O2S/c1-14(17-7-2-3-10-23-17)25-22-26-18-9-12-30-20(18)19(27-22)21(29)24-11-8-15-5-4-6-16(28)13-15/h2-7,9-10,12-14,28H,8,11H2,1H3,(H,24,29)(H,25,26,27). The molecule has 0 aliphatic rings. The van der Waals surface area contributed by atoms with Gasteiger partial charge in [0.15, 0.2) is 5.69 Å². The molecule has 3 aromatic heterocycles. The molecule has 152 valence electrons. The van der Waals surface area contributed by atoms with Crippen LogP contribution in [0.25, 0.3) is 10.2 Å². The Morgan fingerprint density at radius 2 is 2.07 bits per heavy atom. The van der Waals surface area contributed by atoms with Gasteiger partial charge in [0.25, 0.3) is 5.91 Å². The van der Waals surface area contributed by atoms with E-state index in [9.17, 15) is 9.90 Å². The van der Waals surface area contributed by atoms with Gasteiger partial charge in [0.05, 0.1) is 22.0 Å². The number of benzene rings is 1. The third-order valence-corrected chi connectivity index (χ3v) is 5.52. The molecule has 0 fully saturated rings. The zero-order valence-corrected chi connectivity index (χ0v) is 17.2. The van der Waals surface area contributed by atoms with Gasteiger partial charge >= 0.3 is 0 Å². The van der Waals surface area contributed by atoms with E-state index in [4.69, 9.17) is 0 Å². The molecule has 0 saturated heterocycles. The first-order valence-corrected chi connectivity index (χ1v) is 10.5. The molecular formula is C22H21N5O2S. The molecule has 30 heavy (non-hydrogen) atoms. The van der Waals surface area contributed by atoms with E-state index < -0.39 is 0 Å². The van der Waals surface area contributed by atoms with Crippen LogP contribution in [0, 0.1) is 0 Å². The minimum absolute atomic E-state index is 0.107. The number of rotatable bonds is 7. The highest BCUT2D eigenvalue weighted by Crippen LogP contribution is 2.25. The van der Waals surface area contributed by atoms with Crippen molar-refractivity contribution in [2.45, 2.75) is 19.4 Å². The first-order chi connectivity index (χ1) is 14.6. The number of nitrogens with one attached hydrogen (secondary N) is 2. The Morgan fingerprint density at radius 1 is 1.17 bits per heavy atom. The maximum absolute atomic E-state index is 12.8. The van der Waals surface area contributed by atoms with Gasteiger partial charge in [0.2, 0.25) is 5.95 Å². The summed E-state index contributed by atoms with van der Waals surface area (Å²) in [7, 11) is 0. The summed E-state index contributed by atoms with van der Waals surface area (Å²) in [6.07, 6.45) is 2.35. The van der Waals surface area contributed by atoms with E-state index in [0.717, 1.165) is 21.5 Å². The van der Waals surface area contributed by atoms with Crippen LogP contribution in [0.2, 0.25) is 0 Å². The van der Waals surface area contributed by atoms with Crippen molar-refractivity contribution in [2.75, 3.05) is 11.9 Å². The Labute approximate surface area is 177 Å². The molecule has 0 aliphatic carbocycles. The molecule has 1 unspecified atom stereocenters. The average molecular weight is 420 g/mol. The summed E-state index contributed by atoms with van der Waals surface area (Å²) < 4.78 is 0.751. The number of thiophene rings is 1. The summed E-state index contributed by atoms with van der Waals surface area (Å²) in [5.74, 6) is 0.350. The van der Waals surface area contributed by atoms with Crippen LogP contribution >= 0.6 is 11.3 Å². The van der Waals surface area contributed by atoms with E-state index in [1.807, 2.05) is 42.6 Å². The van der Waals surface area contributed by atoms with E-state index in [1.54, 1.807) is 24.4 Å². The summed E-state index contributed by atoms with van der Waals surface area (Å²) in [6, 6.07) is 14.5. The van der Waals surface area contributed by atoms with Gasteiger partial charge in [-0.1, -0.05) is 18.2 Å². The fourth-order valence-corrected chi connectivity index (χ4v) is 3.92. The zero-order chi connectivity index (χ0) is 20.9. The molecule has 8 heteroatoms. The number of hydrogen-bond donors (Lipinski definition) is 3. The van der Waals surface area contributed by atoms with Crippen LogP contribution in [-0.2, 0) is 6.42 Å². The quantitative estimate of drug-likeness (QED) is 0.420. The summed E-state index contributed by atoms with van der Waals surface area (Å²) in [4.78, 5) is 26.2. The number of carbonyl (C=O) groups excluding carboxylic acids is 1. The third kappa shape index (κ3) is 4.55. The van der Waals surface area contributed by atoms with Gasteiger partial charge in [-0.2, -0.15) is 0 Å². The Morgan fingerprint density at radius 3 is 2.87 bits per heavy atom. The van der Waals surface area contributed by atoms with Gasteiger partial charge < -0.3 is 15.7 Å². The lowest BCUT2D eigenvalue weighted by Gasteiger charge is -2.14. The fraction of sp³-hybridized carbons (Fsp3) is 0.182. The summed E-state index contributed by atoms with van der Waals surface area (Å²) in [5, 5.41) is 17.6. The molecular weight excluding hydrogens is 398 g/mol. The van der Waals surface area contributed by atoms with E-state index in [2.05, 4.69) is 25.6 Å². The predicted molar refractivity (Wildman–Crippen MR) is 118 cm³/mol. The monoisotopic (exact) mass is 419 g/mol. The largest absolute Gasteiger partial charge is 0.508 e. The van der Waals surface area contributed by atoms with Crippen molar-refractivity contribution in [3.63, 3.8) is 0 Å². The second kappa shape index (κ2) is 8.87. The second-order valence-electron chi connectivity index (χ2n) is 6.83. The summed E-state index contributed by atoms with van der Waals surface area (Å²) in [5.41, 5.74) is 2.89. The predicted octanol–water partition coefficient (Wildman–Crippen LogP) is 3.94. The van der Waals surface area contributed by atoms with E-state index in [1.165, 1.54) is 11.3 Å². The van der Waals surface area contributed by atoms with Gasteiger partial charge in [0, 0.05) is 12.7 Å². The smallest absolute Gasteiger partial charge is 0.271 e. The number of anilines is 1. The van der Waals surface area contributed by atoms with Gasteiger partial charge in [-0.15, -0.1) is 11.3 Å². The first-order valence-electron chi connectivity index (χ1n) is 9.59. The number of aromatic nitrogens is 3. The Bertz CT molecular complexity index is 1160. The Balaban J connectivity index is 1.49. The maximum Gasteiger partial charge on any atom is 0.271 e. The van der Waals surface area contributed by atoms with Crippen LogP contribution in [0.3, 0.4) is 0 Å². The van der Waals surface area contributed by atoms with Gasteiger partial charge in [-0.25, -0.2) is 9.97 Å². The molecule has 4 rings (SSSR count). The Hall–Kier alpha value is -3.52. The van der Waals surface area contributed by atoms with Gasteiger partial charge in [0.1, 0.15) is 5.75 Å². The topological polar surface area (TPSA) is 100 Å². The molecule has 1 aromatic carbocycles. The molecule has 0 spiro atoms. The molecule has 3 N–H and O–H groups in total. The van der Waals surface area contributed by atoms with Crippen molar-refractivity contribution in [1.82, 2.24) is 20.3 Å². The van der Waals surface area contributed by atoms with Crippen molar-refractivity contribution in [1.29, 1.82) is 0 Å². The lowest BCUT2D eigenvalue weighted by molar-refractivity contribution is 0.0951. The minimum Gasteiger partial charge on any atom is -0.508 e. The molecule has 1 atom stereocenters. The van der Waals surface area contributed by atoms with Crippen molar-refractivity contribution < 1.29 is 9.90 Å². The van der Waals surface area contributed by atoms with Crippen molar-refractivity contribution in [3.05, 3.63) is 77.1 Å². The number of hydrogen-bond acceptors (Lipinski definition) is 7. The van der Waals surface area contributed by atoms with Crippen molar-refractivity contribution in [3.8, 4) is 5.75 Å². The lowest BCUT2D eigenvalue weighted by Crippen LogP contribution is -2.27. The zero-order valence-electron chi connectivity index (χ0n) is 16.4. The molecule has 0 saturated carbocycles. The number of pyridine rings is 1. The summed E-state index contributed by atoms with van der Waals surface area (Å²) in [6.45, 7) is 2.41. The molecule has 4 aromatic rings. The number of phenolic OH excluding ortho intramolecular Hbond substituents is 1. The fourth-order valence-electron chi connectivity index (χ4n) is 3.10. The number of fused-ring (bicyclic) bond motifs is 1. The lowest BCUT2D eigenvalue weighted by atomic mass is 10.1. The number of carbonyl (C=O) groups is 1. The van der Waals surface area contributed by atoms with E-state index >= 15 is 0 Å². The SMILES string of the molecule is CC(Nc1nc(C(=O)NCCc2cccc(O)c2)c2sccc2n1)c1ccccn1. The van der Waals surface area contributed by atoms with Crippen molar-refractivity contribution >= 4 is 33.4 Å². The number of nitrogens with zero attached hydrogens (tertiary/aromatic N) is 3. The average Bonchev–Trinajstić information content (AvgIpc) is 3.22. The maximum atomic E-state index is 12.8. The van der Waals surface area contributed by atoms with Crippen LogP contribution in [0.15, 0.2) is 60.1 Å². The molecule has 0 aliphatic heterocycles. The van der Waals surface area contributed by atoms with Gasteiger partial charge in [-0.05, 0) is 54.6 Å². The van der Waals surface area contributed by atoms with Crippen LogP contribution in [0.4, 0.5) is 5.95 Å². The second-order valence-corrected chi connectivity index (χ2v) is 7.74. The normalized spacial score (nSPS) is 11.9. The number of amides is 1. The van der Waals surface area contributed by atoms with E-state index in [-0.39, 0.29) is 17.7 Å². The molecule has 0 bridgehead atoms. The molecule has 1 amide bonds. The molecule has 0 radical (unpaired) electrons. The highest BCUT2D eigenvalue weighted by molar-refractivity contribution is 7.17. The van der Waals surface area contributed by atoms with Gasteiger partial charge in [-0.3, -0.25) is 9.78 Å². The number of aromatic hydroxyl groups is 1. The molecule has 7 nitrogen and oxygen atoms in total. The minimum atomic E-state index is -0.251. The highest BCUT2D eigenvalue weighted by Gasteiger charge is 2.17. The molecule has 3 heterocycles. The highest BCUT2D eigenvalue weighted by atomic mass is 32.1. The van der Waals surface area contributed by atoms with Crippen molar-refractivity contribution in [2.24, 2.45) is 0 Å². The van der Waals surface area contributed by atoms with Crippen LogP contribution < -0.4 is 10.6 Å². The van der Waals surface area contributed by atoms with Crippen LogP contribution in [0.1, 0.15) is 34.7 Å².